The standard InChI is InChI=1S/C16H22Cl2N2O3/c1-11(21)19-12-4-3-7-20(8-12)9-13(22)10-23-16-14(17)5-2-6-15(16)18/h2,5-6,12-13,22H,3-4,7-10H2,1H3,(H,19,21). The number of rotatable bonds is 6. The van der Waals surface area contributed by atoms with Crippen LogP contribution in [0.3, 0.4) is 0 Å². The first kappa shape index (κ1) is 18.3. The number of aliphatic hydroxyl groups is 1. The second-order valence-electron chi connectivity index (χ2n) is 5.81. The molecule has 0 bridgehead atoms. The van der Waals surface area contributed by atoms with Gasteiger partial charge in [0, 0.05) is 26.1 Å². The maximum atomic E-state index is 11.1. The highest BCUT2D eigenvalue weighted by molar-refractivity contribution is 6.37. The second kappa shape index (κ2) is 8.73. The summed E-state index contributed by atoms with van der Waals surface area (Å²) >= 11 is 12.1. The number of para-hydroxylation sites is 1. The van der Waals surface area contributed by atoms with E-state index >= 15 is 0 Å². The summed E-state index contributed by atoms with van der Waals surface area (Å²) in [6, 6.07) is 5.27. The predicted octanol–water partition coefficient (Wildman–Crippen LogP) is 2.33. The summed E-state index contributed by atoms with van der Waals surface area (Å²) in [5, 5.41) is 14.0. The molecule has 2 rings (SSSR count). The van der Waals surface area contributed by atoms with E-state index in [-0.39, 0.29) is 18.6 Å². The predicted molar refractivity (Wildman–Crippen MR) is 91.2 cm³/mol. The zero-order chi connectivity index (χ0) is 16.8. The molecule has 2 atom stereocenters. The van der Waals surface area contributed by atoms with Gasteiger partial charge in [0.15, 0.2) is 5.75 Å². The third-order valence-corrected chi connectivity index (χ3v) is 4.32. The van der Waals surface area contributed by atoms with Crippen LogP contribution in [-0.2, 0) is 4.79 Å². The van der Waals surface area contributed by atoms with Gasteiger partial charge in [-0.2, -0.15) is 0 Å². The number of carbonyl (C=O) groups excluding carboxylic acids is 1. The lowest BCUT2D eigenvalue weighted by molar-refractivity contribution is -0.120. The molecule has 0 aromatic heterocycles. The van der Waals surface area contributed by atoms with Crippen molar-refractivity contribution in [2.45, 2.75) is 31.9 Å². The van der Waals surface area contributed by atoms with Gasteiger partial charge >= 0.3 is 0 Å². The lowest BCUT2D eigenvalue weighted by atomic mass is 10.1. The van der Waals surface area contributed by atoms with Gasteiger partial charge in [-0.1, -0.05) is 29.3 Å². The number of aliphatic hydroxyl groups excluding tert-OH is 1. The molecule has 0 aliphatic carbocycles. The van der Waals surface area contributed by atoms with E-state index in [1.54, 1.807) is 18.2 Å². The largest absolute Gasteiger partial charge is 0.488 e. The fraction of sp³-hybridized carbons (Fsp3) is 0.562. The van der Waals surface area contributed by atoms with Crippen molar-refractivity contribution in [2.75, 3.05) is 26.2 Å². The number of β-amino-alcohol motifs (C(OH)–C–C–N with tert-alkyl or cyclic N) is 1. The minimum absolute atomic E-state index is 0.0194. The molecule has 2 unspecified atom stereocenters. The Morgan fingerprint density at radius 2 is 2.17 bits per heavy atom. The van der Waals surface area contributed by atoms with E-state index in [2.05, 4.69) is 10.2 Å². The Bertz CT molecular complexity index is 522. The van der Waals surface area contributed by atoms with E-state index in [4.69, 9.17) is 27.9 Å². The summed E-state index contributed by atoms with van der Waals surface area (Å²) in [5.74, 6) is 0.374. The van der Waals surface area contributed by atoms with Crippen LogP contribution in [0.15, 0.2) is 18.2 Å². The van der Waals surface area contributed by atoms with Crippen LogP contribution in [0.25, 0.3) is 0 Å². The lowest BCUT2D eigenvalue weighted by Crippen LogP contribution is -2.49. The molecule has 0 saturated carbocycles. The second-order valence-corrected chi connectivity index (χ2v) is 6.63. The van der Waals surface area contributed by atoms with Gasteiger partial charge in [-0.05, 0) is 31.5 Å². The summed E-state index contributed by atoms with van der Waals surface area (Å²) in [5.41, 5.74) is 0. The fourth-order valence-corrected chi connectivity index (χ4v) is 3.28. The summed E-state index contributed by atoms with van der Waals surface area (Å²) < 4.78 is 5.55. The molecule has 23 heavy (non-hydrogen) atoms. The van der Waals surface area contributed by atoms with Crippen LogP contribution >= 0.6 is 23.2 Å². The number of piperidine rings is 1. The Kier molecular flexibility index (Phi) is 6.96. The third-order valence-electron chi connectivity index (χ3n) is 3.72. The number of nitrogens with zero attached hydrogens (tertiary/aromatic N) is 1. The summed E-state index contributed by atoms with van der Waals surface area (Å²) in [6.45, 7) is 3.77. The third kappa shape index (κ3) is 5.84. The van der Waals surface area contributed by atoms with Gasteiger partial charge in [0.2, 0.25) is 5.91 Å². The van der Waals surface area contributed by atoms with Crippen LogP contribution in [0.2, 0.25) is 10.0 Å². The average Bonchev–Trinajstić information content (AvgIpc) is 2.46. The van der Waals surface area contributed by atoms with E-state index in [1.165, 1.54) is 6.92 Å². The first-order chi connectivity index (χ1) is 11.0. The van der Waals surface area contributed by atoms with Crippen molar-refractivity contribution in [3.8, 4) is 5.75 Å². The number of halogens is 2. The number of hydrogen-bond donors (Lipinski definition) is 2. The first-order valence-corrected chi connectivity index (χ1v) is 8.45. The van der Waals surface area contributed by atoms with E-state index in [0.717, 1.165) is 25.9 Å². The molecule has 0 radical (unpaired) electrons. The highest BCUT2D eigenvalue weighted by Gasteiger charge is 2.22. The molecule has 1 saturated heterocycles. The first-order valence-electron chi connectivity index (χ1n) is 7.70. The summed E-state index contributed by atoms with van der Waals surface area (Å²) in [6.07, 6.45) is 1.31. The highest BCUT2D eigenvalue weighted by Crippen LogP contribution is 2.32. The molecule has 128 valence electrons. The maximum Gasteiger partial charge on any atom is 0.217 e. The van der Waals surface area contributed by atoms with E-state index in [1.807, 2.05) is 0 Å². The molecule has 5 nitrogen and oxygen atoms in total. The van der Waals surface area contributed by atoms with Gasteiger partial charge in [-0.15, -0.1) is 0 Å². The van der Waals surface area contributed by atoms with Gasteiger partial charge in [0.25, 0.3) is 0 Å². The van der Waals surface area contributed by atoms with Crippen LogP contribution < -0.4 is 10.1 Å². The average molecular weight is 361 g/mol. The highest BCUT2D eigenvalue weighted by atomic mass is 35.5. The quantitative estimate of drug-likeness (QED) is 0.817. The van der Waals surface area contributed by atoms with Crippen molar-refractivity contribution in [3.05, 3.63) is 28.2 Å². The smallest absolute Gasteiger partial charge is 0.217 e. The summed E-state index contributed by atoms with van der Waals surface area (Å²) in [7, 11) is 0. The van der Waals surface area contributed by atoms with Crippen LogP contribution in [0.1, 0.15) is 19.8 Å². The van der Waals surface area contributed by atoms with Gasteiger partial charge in [-0.3, -0.25) is 9.69 Å². The number of benzene rings is 1. The van der Waals surface area contributed by atoms with Gasteiger partial charge in [-0.25, -0.2) is 0 Å². The van der Waals surface area contributed by atoms with Crippen LogP contribution in [0, 0.1) is 0 Å². The van der Waals surface area contributed by atoms with Crippen LogP contribution in [0.5, 0.6) is 5.75 Å². The Morgan fingerprint density at radius 3 is 2.83 bits per heavy atom. The van der Waals surface area contributed by atoms with E-state index < -0.39 is 6.10 Å². The van der Waals surface area contributed by atoms with E-state index in [0.29, 0.717) is 22.3 Å². The minimum Gasteiger partial charge on any atom is -0.488 e. The molecule has 1 fully saturated rings. The molecular weight excluding hydrogens is 339 g/mol. The molecule has 2 N–H and O–H groups in total. The van der Waals surface area contributed by atoms with Gasteiger partial charge in [0.1, 0.15) is 12.7 Å². The number of carbonyl (C=O) groups is 1. The normalized spacial score (nSPS) is 20.1. The van der Waals surface area contributed by atoms with Crippen LogP contribution in [-0.4, -0.2) is 54.3 Å². The van der Waals surface area contributed by atoms with Crippen molar-refractivity contribution in [3.63, 3.8) is 0 Å². The Labute approximate surface area is 146 Å². The molecule has 1 aromatic carbocycles. The molecular formula is C16H22Cl2N2O3. The molecule has 7 heteroatoms. The Morgan fingerprint density at radius 1 is 1.48 bits per heavy atom. The molecule has 0 spiro atoms. The molecule has 1 aliphatic heterocycles. The SMILES string of the molecule is CC(=O)NC1CCCN(CC(O)COc2c(Cl)cccc2Cl)C1. The van der Waals surface area contributed by atoms with Gasteiger partial charge < -0.3 is 15.2 Å². The fourth-order valence-electron chi connectivity index (χ4n) is 2.78. The number of hydrogen-bond acceptors (Lipinski definition) is 4. The summed E-state index contributed by atoms with van der Waals surface area (Å²) in [4.78, 5) is 13.3. The zero-order valence-electron chi connectivity index (χ0n) is 13.1. The van der Waals surface area contributed by atoms with Crippen LogP contribution in [0.4, 0.5) is 0 Å². The number of likely N-dealkylation sites (tertiary alicyclic amines) is 1. The molecule has 1 heterocycles. The van der Waals surface area contributed by atoms with Crippen molar-refractivity contribution in [1.82, 2.24) is 10.2 Å². The minimum atomic E-state index is -0.654. The topological polar surface area (TPSA) is 61.8 Å². The lowest BCUT2D eigenvalue weighted by Gasteiger charge is -2.34. The van der Waals surface area contributed by atoms with Gasteiger partial charge in [0.05, 0.1) is 10.0 Å². The molecule has 1 amide bonds. The molecule has 1 aromatic rings. The van der Waals surface area contributed by atoms with Crippen molar-refractivity contribution >= 4 is 29.1 Å². The Hall–Kier alpha value is -1.01. The monoisotopic (exact) mass is 360 g/mol. The van der Waals surface area contributed by atoms with Crippen molar-refractivity contribution < 1.29 is 14.6 Å². The Balaban J connectivity index is 1.80. The number of nitrogens with one attached hydrogen (secondary N) is 1. The number of ether oxygens (including phenoxy) is 1. The van der Waals surface area contributed by atoms with E-state index in [9.17, 15) is 9.90 Å². The van der Waals surface area contributed by atoms with Crippen molar-refractivity contribution in [2.24, 2.45) is 0 Å². The molecule has 1 aliphatic rings. The maximum absolute atomic E-state index is 11.1. The van der Waals surface area contributed by atoms with Crippen molar-refractivity contribution in [1.29, 1.82) is 0 Å². The zero-order valence-corrected chi connectivity index (χ0v) is 14.6. The number of amides is 1.